The predicted octanol–water partition coefficient (Wildman–Crippen LogP) is 0.988. The lowest BCUT2D eigenvalue weighted by molar-refractivity contribution is -0.141. The molecule has 4 nitrogen and oxygen atoms in total. The minimum Gasteiger partial charge on any atom is -0.481 e. The van der Waals surface area contributed by atoms with Crippen molar-refractivity contribution in [2.75, 3.05) is 6.61 Å². The van der Waals surface area contributed by atoms with E-state index in [1.165, 1.54) is 0 Å². The number of carboxylic acids is 1. The van der Waals surface area contributed by atoms with Crippen LogP contribution in [0.3, 0.4) is 0 Å². The summed E-state index contributed by atoms with van der Waals surface area (Å²) >= 11 is 0. The van der Waals surface area contributed by atoms with Crippen LogP contribution in [0.4, 0.5) is 0 Å². The summed E-state index contributed by atoms with van der Waals surface area (Å²) in [4.78, 5) is 11.1. The number of carbonyl (C=O) groups is 1. The first-order valence-electron chi connectivity index (χ1n) is 5.23. The van der Waals surface area contributed by atoms with Gasteiger partial charge in [-0.3, -0.25) is 4.79 Å². The molecule has 0 aliphatic rings. The summed E-state index contributed by atoms with van der Waals surface area (Å²) in [5.74, 6) is -1.97. The van der Waals surface area contributed by atoms with Crippen molar-refractivity contribution in [1.29, 1.82) is 0 Å². The van der Waals surface area contributed by atoms with Crippen LogP contribution in [0.1, 0.15) is 24.3 Å². The molecule has 4 heteroatoms. The maximum atomic E-state index is 11.1. The van der Waals surface area contributed by atoms with E-state index in [1.807, 2.05) is 0 Å². The smallest absolute Gasteiger partial charge is 0.313 e. The number of hydrogen-bond acceptors (Lipinski definition) is 3. The van der Waals surface area contributed by atoms with Gasteiger partial charge in [-0.2, -0.15) is 0 Å². The molecule has 3 N–H and O–H groups in total. The average Bonchev–Trinajstić information content (AvgIpc) is 2.27. The Hall–Kier alpha value is -1.39. The molecule has 0 radical (unpaired) electrons. The van der Waals surface area contributed by atoms with Crippen LogP contribution < -0.4 is 0 Å². The molecule has 0 heterocycles. The molecule has 1 rings (SSSR count). The van der Waals surface area contributed by atoms with Gasteiger partial charge in [0.2, 0.25) is 0 Å². The SMILES string of the molecule is O=C(O)C(c1ccccc1)C(O)CCCO. The van der Waals surface area contributed by atoms with Crippen LogP contribution in [0.5, 0.6) is 0 Å². The summed E-state index contributed by atoms with van der Waals surface area (Å²) in [5.41, 5.74) is 0.584. The summed E-state index contributed by atoms with van der Waals surface area (Å²) < 4.78 is 0. The van der Waals surface area contributed by atoms with Crippen molar-refractivity contribution >= 4 is 5.97 Å². The number of aliphatic hydroxyl groups is 2. The zero-order chi connectivity index (χ0) is 12.0. The first-order chi connectivity index (χ1) is 7.66. The van der Waals surface area contributed by atoms with Crippen LogP contribution in [-0.2, 0) is 4.79 Å². The minimum absolute atomic E-state index is 0.0435. The number of aliphatic carboxylic acids is 1. The number of aliphatic hydroxyl groups excluding tert-OH is 2. The van der Waals surface area contributed by atoms with Crippen molar-refractivity contribution in [1.82, 2.24) is 0 Å². The normalized spacial score (nSPS) is 14.4. The first kappa shape index (κ1) is 12.7. The summed E-state index contributed by atoms with van der Waals surface area (Å²) in [5, 5.41) is 27.5. The van der Waals surface area contributed by atoms with Crippen LogP contribution in [0.15, 0.2) is 30.3 Å². The lowest BCUT2D eigenvalue weighted by atomic mass is 9.91. The Kier molecular flexibility index (Phi) is 4.95. The van der Waals surface area contributed by atoms with Crippen molar-refractivity contribution in [3.8, 4) is 0 Å². The van der Waals surface area contributed by atoms with Gasteiger partial charge in [0.1, 0.15) is 5.92 Å². The monoisotopic (exact) mass is 224 g/mol. The highest BCUT2D eigenvalue weighted by Crippen LogP contribution is 2.22. The molecule has 16 heavy (non-hydrogen) atoms. The highest BCUT2D eigenvalue weighted by molar-refractivity contribution is 5.76. The molecule has 0 saturated heterocycles. The highest BCUT2D eigenvalue weighted by Gasteiger charge is 2.27. The molecule has 1 aromatic carbocycles. The lowest BCUT2D eigenvalue weighted by Gasteiger charge is -2.19. The fraction of sp³-hybridized carbons (Fsp3) is 0.417. The molecule has 2 unspecified atom stereocenters. The van der Waals surface area contributed by atoms with E-state index >= 15 is 0 Å². The van der Waals surface area contributed by atoms with Crippen LogP contribution in [0.2, 0.25) is 0 Å². The van der Waals surface area contributed by atoms with Crippen molar-refractivity contribution in [2.45, 2.75) is 24.9 Å². The van der Waals surface area contributed by atoms with Gasteiger partial charge in [-0.25, -0.2) is 0 Å². The van der Waals surface area contributed by atoms with Gasteiger partial charge in [0.05, 0.1) is 6.10 Å². The van der Waals surface area contributed by atoms with Gasteiger partial charge in [-0.05, 0) is 18.4 Å². The maximum absolute atomic E-state index is 11.1. The maximum Gasteiger partial charge on any atom is 0.313 e. The summed E-state index contributed by atoms with van der Waals surface area (Å²) in [6.45, 7) is -0.0435. The fourth-order valence-corrected chi connectivity index (χ4v) is 1.66. The Morgan fingerprint density at radius 2 is 1.88 bits per heavy atom. The van der Waals surface area contributed by atoms with Gasteiger partial charge < -0.3 is 15.3 Å². The van der Waals surface area contributed by atoms with Gasteiger partial charge in [0, 0.05) is 6.61 Å². The fourth-order valence-electron chi connectivity index (χ4n) is 1.66. The Balaban J connectivity index is 2.79. The van der Waals surface area contributed by atoms with Gasteiger partial charge in [-0.1, -0.05) is 30.3 Å². The number of carboxylic acid groups (broad SMARTS) is 1. The molecular formula is C12H16O4. The van der Waals surface area contributed by atoms with Gasteiger partial charge >= 0.3 is 5.97 Å². The molecule has 0 saturated carbocycles. The topological polar surface area (TPSA) is 77.8 Å². The van der Waals surface area contributed by atoms with E-state index in [0.29, 0.717) is 12.0 Å². The average molecular weight is 224 g/mol. The second-order valence-electron chi connectivity index (χ2n) is 3.66. The molecule has 0 spiro atoms. The zero-order valence-electron chi connectivity index (χ0n) is 8.91. The Bertz CT molecular complexity index is 323. The molecule has 0 aromatic heterocycles. The second-order valence-corrected chi connectivity index (χ2v) is 3.66. The van der Waals surface area contributed by atoms with E-state index in [-0.39, 0.29) is 13.0 Å². The largest absolute Gasteiger partial charge is 0.481 e. The molecule has 2 atom stereocenters. The number of hydrogen-bond donors (Lipinski definition) is 3. The van der Waals surface area contributed by atoms with Gasteiger partial charge in [0.15, 0.2) is 0 Å². The van der Waals surface area contributed by atoms with Crippen molar-refractivity contribution in [2.24, 2.45) is 0 Å². The highest BCUT2D eigenvalue weighted by atomic mass is 16.4. The molecular weight excluding hydrogens is 208 g/mol. The zero-order valence-corrected chi connectivity index (χ0v) is 8.91. The minimum atomic E-state index is -1.04. The van der Waals surface area contributed by atoms with Gasteiger partial charge in [-0.15, -0.1) is 0 Å². The van der Waals surface area contributed by atoms with Crippen LogP contribution >= 0.6 is 0 Å². The standard InChI is InChI=1S/C12H16O4/c13-8-4-7-10(14)11(12(15)16)9-5-2-1-3-6-9/h1-3,5-6,10-11,13-14H,4,7-8H2,(H,15,16). The van der Waals surface area contributed by atoms with Crippen LogP contribution in [-0.4, -0.2) is 34.0 Å². The summed E-state index contributed by atoms with van der Waals surface area (Å²) in [7, 11) is 0. The summed E-state index contributed by atoms with van der Waals surface area (Å²) in [6, 6.07) is 8.64. The summed E-state index contributed by atoms with van der Waals surface area (Å²) in [6.07, 6.45) is -0.285. The van der Waals surface area contributed by atoms with Crippen LogP contribution in [0.25, 0.3) is 0 Å². The molecule has 0 aliphatic carbocycles. The number of benzene rings is 1. The second kappa shape index (κ2) is 6.25. The third-order valence-corrected chi connectivity index (χ3v) is 2.47. The molecule has 0 bridgehead atoms. The molecule has 0 amide bonds. The van der Waals surface area contributed by atoms with Crippen LogP contribution in [0, 0.1) is 0 Å². The van der Waals surface area contributed by atoms with E-state index in [4.69, 9.17) is 10.2 Å². The Labute approximate surface area is 94.2 Å². The van der Waals surface area contributed by atoms with E-state index < -0.39 is 18.0 Å². The van der Waals surface area contributed by atoms with Gasteiger partial charge in [0.25, 0.3) is 0 Å². The molecule has 88 valence electrons. The van der Waals surface area contributed by atoms with E-state index in [1.54, 1.807) is 30.3 Å². The number of rotatable bonds is 6. The predicted molar refractivity (Wildman–Crippen MR) is 59.1 cm³/mol. The molecule has 0 fully saturated rings. The third kappa shape index (κ3) is 3.32. The van der Waals surface area contributed by atoms with E-state index in [9.17, 15) is 9.90 Å². The quantitative estimate of drug-likeness (QED) is 0.673. The van der Waals surface area contributed by atoms with E-state index in [2.05, 4.69) is 0 Å². The van der Waals surface area contributed by atoms with Crippen molar-refractivity contribution in [3.05, 3.63) is 35.9 Å². The molecule has 0 aliphatic heterocycles. The Morgan fingerprint density at radius 1 is 1.25 bits per heavy atom. The Morgan fingerprint density at radius 3 is 2.38 bits per heavy atom. The van der Waals surface area contributed by atoms with Crippen molar-refractivity contribution < 1.29 is 20.1 Å². The third-order valence-electron chi connectivity index (χ3n) is 2.47. The van der Waals surface area contributed by atoms with Crippen molar-refractivity contribution in [3.63, 3.8) is 0 Å². The lowest BCUT2D eigenvalue weighted by Crippen LogP contribution is -2.26. The molecule has 1 aromatic rings. The van der Waals surface area contributed by atoms with E-state index in [0.717, 1.165) is 0 Å². The first-order valence-corrected chi connectivity index (χ1v) is 5.23.